The third-order valence-electron chi connectivity index (χ3n) is 4.23. The van der Waals surface area contributed by atoms with Gasteiger partial charge < -0.3 is 15.4 Å². The molecule has 132 valence electrons. The summed E-state index contributed by atoms with van der Waals surface area (Å²) in [5.74, 6) is 0. The Morgan fingerprint density at radius 1 is 1.28 bits per heavy atom. The van der Waals surface area contributed by atoms with E-state index in [4.69, 9.17) is 10.4 Å². The number of hydrogen-bond donors (Lipinski definition) is 3. The van der Waals surface area contributed by atoms with Crippen molar-refractivity contribution in [2.24, 2.45) is 0 Å². The fourth-order valence-corrected chi connectivity index (χ4v) is 4.21. The SMILES string of the molecule is CCCCc1cc(N)ccc1S(=O)(=O)Nc1ccc2c(c1)B(O)OC2. The number of nitrogens with two attached hydrogens (primary N) is 1. The van der Waals surface area contributed by atoms with Crippen LogP contribution in [0.1, 0.15) is 30.9 Å². The minimum atomic E-state index is -3.75. The first-order valence-corrected chi connectivity index (χ1v) is 9.72. The Bertz CT molecular complexity index is 886. The van der Waals surface area contributed by atoms with Crippen molar-refractivity contribution in [3.8, 4) is 0 Å². The van der Waals surface area contributed by atoms with Crippen LogP contribution in [0, 0.1) is 0 Å². The summed E-state index contributed by atoms with van der Waals surface area (Å²) in [7, 11) is -4.77. The van der Waals surface area contributed by atoms with Crippen LogP contribution in [0.15, 0.2) is 41.3 Å². The van der Waals surface area contributed by atoms with Gasteiger partial charge >= 0.3 is 7.12 Å². The second-order valence-electron chi connectivity index (χ2n) is 6.15. The molecule has 0 aliphatic carbocycles. The maximum atomic E-state index is 12.8. The molecule has 0 aromatic heterocycles. The molecule has 3 rings (SSSR count). The fraction of sp³-hybridized carbons (Fsp3) is 0.294. The van der Waals surface area contributed by atoms with E-state index in [1.807, 2.05) is 0 Å². The van der Waals surface area contributed by atoms with Gasteiger partial charge in [-0.15, -0.1) is 0 Å². The summed E-state index contributed by atoms with van der Waals surface area (Å²) in [6.45, 7) is 2.37. The summed E-state index contributed by atoms with van der Waals surface area (Å²) in [6.07, 6.45) is 2.49. The molecule has 0 amide bonds. The van der Waals surface area contributed by atoms with E-state index in [9.17, 15) is 13.4 Å². The van der Waals surface area contributed by atoms with Gasteiger partial charge in [0.1, 0.15) is 0 Å². The molecule has 0 radical (unpaired) electrons. The largest absolute Gasteiger partial charge is 0.491 e. The third-order valence-corrected chi connectivity index (χ3v) is 5.72. The van der Waals surface area contributed by atoms with Gasteiger partial charge in [-0.05, 0) is 59.8 Å². The summed E-state index contributed by atoms with van der Waals surface area (Å²) < 4.78 is 33.4. The first-order valence-electron chi connectivity index (χ1n) is 8.24. The lowest BCUT2D eigenvalue weighted by Gasteiger charge is -2.14. The summed E-state index contributed by atoms with van der Waals surface area (Å²) in [5, 5.41) is 9.78. The molecule has 0 fully saturated rings. The van der Waals surface area contributed by atoms with Gasteiger partial charge in [0, 0.05) is 11.4 Å². The quantitative estimate of drug-likeness (QED) is 0.537. The third kappa shape index (κ3) is 3.81. The molecule has 8 heteroatoms. The van der Waals surface area contributed by atoms with E-state index >= 15 is 0 Å². The number of nitrogens with one attached hydrogen (secondary N) is 1. The highest BCUT2D eigenvalue weighted by atomic mass is 32.2. The molecule has 2 aromatic rings. The van der Waals surface area contributed by atoms with Crippen molar-refractivity contribution in [1.82, 2.24) is 0 Å². The molecule has 1 aliphatic rings. The standard InChI is InChI=1S/C17H21BN2O4S/c1-2-3-4-12-9-14(19)6-8-17(12)25(22,23)20-15-7-5-13-11-24-18(21)16(13)10-15/h5-10,20-21H,2-4,11,19H2,1H3. The van der Waals surface area contributed by atoms with E-state index in [2.05, 4.69) is 11.6 Å². The summed E-state index contributed by atoms with van der Waals surface area (Å²) in [6, 6.07) is 9.86. The molecular weight excluding hydrogens is 339 g/mol. The van der Waals surface area contributed by atoms with Crippen molar-refractivity contribution < 1.29 is 18.1 Å². The van der Waals surface area contributed by atoms with Crippen molar-refractivity contribution in [1.29, 1.82) is 0 Å². The van der Waals surface area contributed by atoms with E-state index in [1.54, 1.807) is 30.3 Å². The topological polar surface area (TPSA) is 102 Å². The van der Waals surface area contributed by atoms with Crippen molar-refractivity contribution in [2.75, 3.05) is 10.5 Å². The molecule has 0 bridgehead atoms. The van der Waals surface area contributed by atoms with Crippen LogP contribution in [0.25, 0.3) is 0 Å². The number of sulfonamides is 1. The van der Waals surface area contributed by atoms with Gasteiger partial charge in [-0.3, -0.25) is 4.72 Å². The number of anilines is 2. The van der Waals surface area contributed by atoms with Crippen LogP contribution >= 0.6 is 0 Å². The Labute approximate surface area is 148 Å². The molecule has 25 heavy (non-hydrogen) atoms. The lowest BCUT2D eigenvalue weighted by atomic mass is 9.79. The average Bonchev–Trinajstić information content (AvgIpc) is 2.93. The molecule has 0 atom stereocenters. The van der Waals surface area contributed by atoms with Crippen LogP contribution < -0.4 is 15.9 Å². The van der Waals surface area contributed by atoms with E-state index in [1.165, 1.54) is 6.07 Å². The smallest absolute Gasteiger partial charge is 0.423 e. The number of unbranched alkanes of at least 4 members (excludes halogenated alkanes) is 1. The molecule has 0 saturated heterocycles. The van der Waals surface area contributed by atoms with Crippen LogP contribution in [0.5, 0.6) is 0 Å². The van der Waals surface area contributed by atoms with E-state index in [-0.39, 0.29) is 4.90 Å². The van der Waals surface area contributed by atoms with Gasteiger partial charge in [-0.25, -0.2) is 8.42 Å². The zero-order valence-electron chi connectivity index (χ0n) is 14.0. The summed E-state index contributed by atoms with van der Waals surface area (Å²) >= 11 is 0. The molecule has 0 spiro atoms. The van der Waals surface area contributed by atoms with Crippen LogP contribution in [-0.2, 0) is 27.7 Å². The minimum Gasteiger partial charge on any atom is -0.423 e. The fourth-order valence-electron chi connectivity index (χ4n) is 2.91. The highest BCUT2D eigenvalue weighted by Gasteiger charge is 2.28. The van der Waals surface area contributed by atoms with Crippen LogP contribution in [0.2, 0.25) is 0 Å². The van der Waals surface area contributed by atoms with E-state index < -0.39 is 17.1 Å². The van der Waals surface area contributed by atoms with Crippen LogP contribution in [0.3, 0.4) is 0 Å². The Morgan fingerprint density at radius 2 is 2.08 bits per heavy atom. The first-order chi connectivity index (χ1) is 11.9. The first kappa shape index (κ1) is 17.8. The highest BCUT2D eigenvalue weighted by Crippen LogP contribution is 2.24. The lowest BCUT2D eigenvalue weighted by molar-refractivity contribution is 0.275. The second-order valence-corrected chi connectivity index (χ2v) is 7.80. The van der Waals surface area contributed by atoms with Gasteiger partial charge in [0.15, 0.2) is 0 Å². The van der Waals surface area contributed by atoms with Gasteiger partial charge in [0.25, 0.3) is 10.0 Å². The molecule has 0 unspecified atom stereocenters. The minimum absolute atomic E-state index is 0.229. The monoisotopic (exact) mass is 360 g/mol. The highest BCUT2D eigenvalue weighted by molar-refractivity contribution is 7.92. The normalized spacial score (nSPS) is 13.8. The Morgan fingerprint density at radius 3 is 2.84 bits per heavy atom. The molecule has 1 aliphatic heterocycles. The lowest BCUT2D eigenvalue weighted by Crippen LogP contribution is -2.28. The van der Waals surface area contributed by atoms with Gasteiger partial charge in [-0.2, -0.15) is 0 Å². The Balaban J connectivity index is 1.91. The summed E-state index contributed by atoms with van der Waals surface area (Å²) in [4.78, 5) is 0.229. The predicted octanol–water partition coefficient (Wildman–Crippen LogP) is 1.63. The number of hydrogen-bond acceptors (Lipinski definition) is 5. The number of rotatable bonds is 6. The van der Waals surface area contributed by atoms with E-state index in [0.29, 0.717) is 35.4 Å². The van der Waals surface area contributed by atoms with Gasteiger partial charge in [0.2, 0.25) is 0 Å². The second kappa shape index (κ2) is 7.07. The number of aryl methyl sites for hydroxylation is 1. The Hall–Kier alpha value is -2.03. The van der Waals surface area contributed by atoms with E-state index in [0.717, 1.165) is 18.4 Å². The maximum absolute atomic E-state index is 12.8. The molecule has 4 N–H and O–H groups in total. The molecule has 1 heterocycles. The zero-order chi connectivity index (χ0) is 18.0. The van der Waals surface area contributed by atoms with Gasteiger partial charge in [0.05, 0.1) is 11.5 Å². The summed E-state index contributed by atoms with van der Waals surface area (Å²) in [5.41, 5.74) is 8.90. The average molecular weight is 360 g/mol. The predicted molar refractivity (Wildman–Crippen MR) is 99.1 cm³/mol. The molecule has 2 aromatic carbocycles. The Kier molecular flexibility index (Phi) is 5.03. The van der Waals surface area contributed by atoms with Crippen LogP contribution in [0.4, 0.5) is 11.4 Å². The van der Waals surface area contributed by atoms with Crippen molar-refractivity contribution >= 4 is 34.0 Å². The van der Waals surface area contributed by atoms with Crippen molar-refractivity contribution in [2.45, 2.75) is 37.7 Å². The van der Waals surface area contributed by atoms with Gasteiger partial charge in [-0.1, -0.05) is 19.4 Å². The number of fused-ring (bicyclic) bond motifs is 1. The molecule has 0 saturated carbocycles. The maximum Gasteiger partial charge on any atom is 0.491 e. The van der Waals surface area contributed by atoms with Crippen molar-refractivity contribution in [3.63, 3.8) is 0 Å². The molecular formula is C17H21BN2O4S. The molecule has 6 nitrogen and oxygen atoms in total. The number of nitrogen functional groups attached to an aromatic ring is 1. The van der Waals surface area contributed by atoms with Crippen LogP contribution in [-0.4, -0.2) is 20.6 Å². The van der Waals surface area contributed by atoms with Crippen molar-refractivity contribution in [3.05, 3.63) is 47.5 Å². The number of benzene rings is 2. The zero-order valence-corrected chi connectivity index (χ0v) is 14.8.